The molecule has 0 aromatic heterocycles. The van der Waals surface area contributed by atoms with Crippen LogP contribution in [0.4, 0.5) is 0 Å². The molecule has 1 saturated carbocycles. The van der Waals surface area contributed by atoms with Crippen LogP contribution in [-0.4, -0.2) is 6.04 Å². The topological polar surface area (TPSA) is 49.8 Å². The Morgan fingerprint density at radius 1 is 1.43 bits per heavy atom. The van der Waals surface area contributed by atoms with Crippen molar-refractivity contribution in [2.75, 3.05) is 0 Å². The second-order valence-corrected chi connectivity index (χ2v) is 4.13. The first kappa shape index (κ1) is 9.23. The molecule has 1 aromatic carbocycles. The lowest BCUT2D eigenvalue weighted by atomic mass is 9.75. The van der Waals surface area contributed by atoms with Crippen molar-refractivity contribution in [2.24, 2.45) is 5.73 Å². The van der Waals surface area contributed by atoms with E-state index in [1.165, 1.54) is 11.1 Å². The predicted octanol–water partition coefficient (Wildman–Crippen LogP) is 2.07. The zero-order valence-electron chi connectivity index (χ0n) is 8.33. The molecule has 1 aliphatic carbocycles. The van der Waals surface area contributed by atoms with Crippen molar-refractivity contribution < 1.29 is 0 Å². The lowest BCUT2D eigenvalue weighted by Gasteiger charge is -2.33. The van der Waals surface area contributed by atoms with Crippen LogP contribution in [0, 0.1) is 18.3 Å². The summed E-state index contributed by atoms with van der Waals surface area (Å²) in [6.45, 7) is 2.06. The number of nitrogens with zero attached hydrogens (tertiary/aromatic N) is 1. The molecule has 14 heavy (non-hydrogen) atoms. The van der Waals surface area contributed by atoms with E-state index in [0.717, 1.165) is 18.4 Å². The fraction of sp³-hybridized carbons (Fsp3) is 0.417. The minimum atomic E-state index is 0.340. The molecule has 2 N–H and O–H groups in total. The van der Waals surface area contributed by atoms with Gasteiger partial charge in [-0.2, -0.15) is 5.26 Å². The van der Waals surface area contributed by atoms with Crippen molar-refractivity contribution in [1.29, 1.82) is 5.26 Å². The van der Waals surface area contributed by atoms with Crippen molar-refractivity contribution in [3.8, 4) is 6.07 Å². The van der Waals surface area contributed by atoms with Crippen LogP contribution in [0.3, 0.4) is 0 Å². The summed E-state index contributed by atoms with van der Waals surface area (Å²) < 4.78 is 0. The van der Waals surface area contributed by atoms with Gasteiger partial charge in [0.1, 0.15) is 0 Å². The van der Waals surface area contributed by atoms with Gasteiger partial charge in [0.2, 0.25) is 0 Å². The van der Waals surface area contributed by atoms with Gasteiger partial charge in [-0.1, -0.05) is 17.7 Å². The second kappa shape index (κ2) is 3.43. The molecule has 0 spiro atoms. The molecule has 2 rings (SSSR count). The third-order valence-electron chi connectivity index (χ3n) is 2.94. The average molecular weight is 186 g/mol. The number of hydrogen-bond donors (Lipinski definition) is 1. The van der Waals surface area contributed by atoms with E-state index in [1.807, 2.05) is 12.1 Å². The van der Waals surface area contributed by atoms with Crippen molar-refractivity contribution in [2.45, 2.75) is 31.7 Å². The van der Waals surface area contributed by atoms with E-state index < -0.39 is 0 Å². The van der Waals surface area contributed by atoms with Crippen LogP contribution in [0.15, 0.2) is 18.2 Å². The molecule has 0 heterocycles. The van der Waals surface area contributed by atoms with Crippen LogP contribution < -0.4 is 5.73 Å². The largest absolute Gasteiger partial charge is 0.328 e. The lowest BCUT2D eigenvalue weighted by Crippen LogP contribution is -2.35. The summed E-state index contributed by atoms with van der Waals surface area (Å²) in [5.41, 5.74) is 8.98. The monoisotopic (exact) mass is 186 g/mol. The Bertz CT molecular complexity index is 384. The maximum Gasteiger partial charge on any atom is 0.0994 e. The molecule has 1 aromatic rings. The fourth-order valence-corrected chi connectivity index (χ4v) is 2.04. The lowest BCUT2D eigenvalue weighted by molar-refractivity contribution is 0.351. The molecule has 0 unspecified atom stereocenters. The van der Waals surface area contributed by atoms with Crippen LogP contribution in [0.25, 0.3) is 0 Å². The van der Waals surface area contributed by atoms with Gasteiger partial charge in [-0.05, 0) is 37.3 Å². The number of hydrogen-bond acceptors (Lipinski definition) is 2. The third-order valence-corrected chi connectivity index (χ3v) is 2.94. The highest BCUT2D eigenvalue weighted by atomic mass is 14.7. The standard InChI is InChI=1S/C12H14N2/c1-8-2-3-9(7-13)12(4-8)10-5-11(14)6-10/h2-4,10-11H,5-6,14H2,1H3. The van der Waals surface area contributed by atoms with E-state index >= 15 is 0 Å². The number of nitriles is 1. The summed E-state index contributed by atoms with van der Waals surface area (Å²) in [4.78, 5) is 0. The number of nitrogens with two attached hydrogens (primary N) is 1. The SMILES string of the molecule is Cc1ccc(C#N)c(C2CC(N)C2)c1. The molecule has 2 heteroatoms. The summed E-state index contributed by atoms with van der Waals surface area (Å²) in [5, 5.41) is 8.96. The third kappa shape index (κ3) is 1.51. The summed E-state index contributed by atoms with van der Waals surface area (Å²) in [5.74, 6) is 0.513. The van der Waals surface area contributed by atoms with E-state index in [4.69, 9.17) is 11.0 Å². The Kier molecular flexibility index (Phi) is 2.26. The van der Waals surface area contributed by atoms with Gasteiger partial charge in [0.15, 0.2) is 0 Å². The van der Waals surface area contributed by atoms with Gasteiger partial charge in [-0.25, -0.2) is 0 Å². The maximum absolute atomic E-state index is 8.96. The smallest absolute Gasteiger partial charge is 0.0994 e. The Hall–Kier alpha value is -1.33. The van der Waals surface area contributed by atoms with E-state index in [0.29, 0.717) is 12.0 Å². The first-order valence-electron chi connectivity index (χ1n) is 4.97. The molecule has 2 nitrogen and oxygen atoms in total. The summed E-state index contributed by atoms with van der Waals surface area (Å²) in [6, 6.07) is 8.60. The Balaban J connectivity index is 2.32. The van der Waals surface area contributed by atoms with Crippen molar-refractivity contribution in [1.82, 2.24) is 0 Å². The van der Waals surface area contributed by atoms with Crippen LogP contribution in [0.2, 0.25) is 0 Å². The number of rotatable bonds is 1. The van der Waals surface area contributed by atoms with Crippen LogP contribution in [-0.2, 0) is 0 Å². The Labute approximate surface area is 84.3 Å². The maximum atomic E-state index is 8.96. The van der Waals surface area contributed by atoms with Gasteiger partial charge >= 0.3 is 0 Å². The number of benzene rings is 1. The van der Waals surface area contributed by atoms with Gasteiger partial charge < -0.3 is 5.73 Å². The second-order valence-electron chi connectivity index (χ2n) is 4.13. The molecule has 0 atom stereocenters. The first-order chi connectivity index (χ1) is 6.70. The molecule has 1 aliphatic rings. The van der Waals surface area contributed by atoms with E-state index in [1.54, 1.807) is 0 Å². The molecular formula is C12H14N2. The highest BCUT2D eigenvalue weighted by molar-refractivity contribution is 5.43. The Morgan fingerprint density at radius 2 is 2.14 bits per heavy atom. The summed E-state index contributed by atoms with van der Waals surface area (Å²) in [6.07, 6.45) is 2.05. The summed E-state index contributed by atoms with van der Waals surface area (Å²) >= 11 is 0. The van der Waals surface area contributed by atoms with Crippen molar-refractivity contribution in [3.63, 3.8) is 0 Å². The highest BCUT2D eigenvalue weighted by Gasteiger charge is 2.28. The van der Waals surface area contributed by atoms with E-state index in [2.05, 4.69) is 19.1 Å². The zero-order valence-corrected chi connectivity index (χ0v) is 8.33. The predicted molar refractivity (Wildman–Crippen MR) is 55.8 cm³/mol. The Morgan fingerprint density at radius 3 is 2.71 bits per heavy atom. The van der Waals surface area contributed by atoms with Gasteiger partial charge in [0.05, 0.1) is 11.6 Å². The van der Waals surface area contributed by atoms with Crippen LogP contribution in [0.5, 0.6) is 0 Å². The minimum absolute atomic E-state index is 0.340. The molecule has 1 fully saturated rings. The van der Waals surface area contributed by atoms with Gasteiger partial charge in [-0.3, -0.25) is 0 Å². The molecular weight excluding hydrogens is 172 g/mol. The normalized spacial score (nSPS) is 25.2. The first-order valence-corrected chi connectivity index (χ1v) is 4.97. The van der Waals surface area contributed by atoms with Crippen LogP contribution in [0.1, 0.15) is 35.4 Å². The molecule has 0 radical (unpaired) electrons. The van der Waals surface area contributed by atoms with E-state index in [-0.39, 0.29) is 0 Å². The van der Waals surface area contributed by atoms with Gasteiger partial charge in [-0.15, -0.1) is 0 Å². The molecule has 0 bridgehead atoms. The van der Waals surface area contributed by atoms with Crippen molar-refractivity contribution in [3.05, 3.63) is 34.9 Å². The summed E-state index contributed by atoms with van der Waals surface area (Å²) in [7, 11) is 0. The highest BCUT2D eigenvalue weighted by Crippen LogP contribution is 2.37. The number of aryl methyl sites for hydroxylation is 1. The molecule has 72 valence electrons. The zero-order chi connectivity index (χ0) is 10.1. The molecule has 0 amide bonds. The minimum Gasteiger partial charge on any atom is -0.328 e. The quantitative estimate of drug-likeness (QED) is 0.730. The molecule has 0 aliphatic heterocycles. The molecule has 0 saturated heterocycles. The van der Waals surface area contributed by atoms with Gasteiger partial charge in [0, 0.05) is 6.04 Å². The van der Waals surface area contributed by atoms with E-state index in [9.17, 15) is 0 Å². The van der Waals surface area contributed by atoms with Gasteiger partial charge in [0.25, 0.3) is 0 Å². The van der Waals surface area contributed by atoms with Crippen molar-refractivity contribution >= 4 is 0 Å². The average Bonchev–Trinajstić information content (AvgIpc) is 2.13. The van der Waals surface area contributed by atoms with Crippen LogP contribution >= 0.6 is 0 Å². The fourth-order valence-electron chi connectivity index (χ4n) is 2.04.